The van der Waals surface area contributed by atoms with Crippen LogP contribution in [0.3, 0.4) is 0 Å². The van der Waals surface area contributed by atoms with Gasteiger partial charge in [-0.2, -0.15) is 0 Å². The van der Waals surface area contributed by atoms with Gasteiger partial charge in [-0.05, 0) is 55.9 Å². The summed E-state index contributed by atoms with van der Waals surface area (Å²) in [6.45, 7) is 2.20. The average Bonchev–Trinajstić information content (AvgIpc) is 2.99. The lowest BCUT2D eigenvalue weighted by Crippen LogP contribution is -2.52. The highest BCUT2D eigenvalue weighted by Gasteiger charge is 2.27. The molecule has 3 rings (SSSR count). The number of nitrogens with one attached hydrogen (secondary N) is 3. The van der Waals surface area contributed by atoms with Crippen LogP contribution in [-0.4, -0.2) is 55.0 Å². The number of halogens is 1. The normalized spacial score (nSPS) is 11.7. The van der Waals surface area contributed by atoms with Gasteiger partial charge < -0.3 is 48.0 Å². The fraction of sp³-hybridized carbons (Fsp3) is 0.333. The predicted molar refractivity (Wildman–Crippen MR) is 178 cm³/mol. The van der Waals surface area contributed by atoms with Gasteiger partial charge in [-0.25, -0.2) is 9.59 Å². The van der Waals surface area contributed by atoms with Gasteiger partial charge in [0.05, 0.1) is 0 Å². The van der Waals surface area contributed by atoms with Crippen LogP contribution in [0.25, 0.3) is 11.0 Å². The minimum Gasteiger partial charge on any atom is -0.445 e. The SMILES string of the molecule is Cc1cc(=O)oc2cc(NC(=O)C(CCCN=C(N)N)NC(=O)C(CCCN=C(N)N)NC(=O)OCc3ccccc3)ccc12.Cl. The van der Waals surface area contributed by atoms with Crippen molar-refractivity contribution in [3.8, 4) is 0 Å². The Morgan fingerprint density at radius 2 is 1.46 bits per heavy atom. The van der Waals surface area contributed by atoms with Crippen LogP contribution >= 0.6 is 12.4 Å². The number of hydrogen-bond donors (Lipinski definition) is 7. The fourth-order valence-corrected chi connectivity index (χ4v) is 4.36. The topological polar surface area (TPSA) is 256 Å². The molecule has 0 aliphatic carbocycles. The maximum atomic E-state index is 13.5. The van der Waals surface area contributed by atoms with Gasteiger partial charge in [0, 0.05) is 36.3 Å². The van der Waals surface area contributed by atoms with Crippen LogP contribution in [0.4, 0.5) is 10.5 Å². The predicted octanol–water partition coefficient (Wildman–Crippen LogP) is 1.35. The Labute approximate surface area is 271 Å². The zero-order valence-corrected chi connectivity index (χ0v) is 26.2. The van der Waals surface area contributed by atoms with Crippen molar-refractivity contribution in [1.29, 1.82) is 0 Å². The van der Waals surface area contributed by atoms with Gasteiger partial charge in [0.1, 0.15) is 24.3 Å². The Kier molecular flexibility index (Phi) is 14.8. The van der Waals surface area contributed by atoms with Crippen LogP contribution in [-0.2, 0) is 20.9 Å². The molecule has 0 aliphatic heterocycles. The third-order valence-corrected chi connectivity index (χ3v) is 6.56. The van der Waals surface area contributed by atoms with Crippen molar-refractivity contribution in [2.75, 3.05) is 18.4 Å². The molecule has 0 fully saturated rings. The quantitative estimate of drug-likeness (QED) is 0.0534. The van der Waals surface area contributed by atoms with Crippen LogP contribution in [0.2, 0.25) is 0 Å². The number of benzene rings is 2. The summed E-state index contributed by atoms with van der Waals surface area (Å²) in [5.41, 5.74) is 23.2. The molecular formula is C30H40ClN9O6. The third-order valence-electron chi connectivity index (χ3n) is 6.56. The fourth-order valence-electron chi connectivity index (χ4n) is 4.36. The van der Waals surface area contributed by atoms with E-state index in [-0.39, 0.29) is 56.9 Å². The largest absolute Gasteiger partial charge is 0.445 e. The highest BCUT2D eigenvalue weighted by molar-refractivity contribution is 5.99. The standard InChI is InChI=1S/C30H39N9O6.ClH/c1-18-15-25(40)45-24-16-20(11-12-21(18)24)37-26(41)22(9-5-13-35-28(31)32)38-27(42)23(10-6-14-36-29(33)34)39-30(43)44-17-19-7-3-2-4-8-19;/h2-4,7-8,11-12,15-16,22-23H,5-6,9-10,13-14,17H2,1H3,(H,37,41)(H,38,42)(H,39,43)(H4,31,32,35)(H4,33,34,36);1H. The molecule has 46 heavy (non-hydrogen) atoms. The highest BCUT2D eigenvalue weighted by Crippen LogP contribution is 2.21. The summed E-state index contributed by atoms with van der Waals surface area (Å²) in [6.07, 6.45) is 0.188. The second-order valence-corrected chi connectivity index (χ2v) is 10.2. The molecule has 15 nitrogen and oxygen atoms in total. The van der Waals surface area contributed by atoms with Gasteiger partial charge in [-0.15, -0.1) is 12.4 Å². The molecule has 0 aliphatic rings. The molecule has 11 N–H and O–H groups in total. The van der Waals surface area contributed by atoms with Gasteiger partial charge in [0.15, 0.2) is 11.9 Å². The van der Waals surface area contributed by atoms with E-state index in [2.05, 4.69) is 25.9 Å². The zero-order chi connectivity index (χ0) is 32.8. The number of nitrogens with two attached hydrogens (primary N) is 4. The van der Waals surface area contributed by atoms with Crippen molar-refractivity contribution >= 4 is 58.9 Å². The number of hydrogen-bond acceptors (Lipinski definition) is 8. The van der Waals surface area contributed by atoms with E-state index in [1.54, 1.807) is 31.2 Å². The molecule has 0 saturated heterocycles. The lowest BCUT2D eigenvalue weighted by atomic mass is 10.1. The monoisotopic (exact) mass is 657 g/mol. The number of alkyl carbamates (subject to hydrolysis) is 1. The van der Waals surface area contributed by atoms with Gasteiger partial charge >= 0.3 is 11.7 Å². The van der Waals surface area contributed by atoms with Gasteiger partial charge in [-0.1, -0.05) is 30.3 Å². The molecule has 2 unspecified atom stereocenters. The van der Waals surface area contributed by atoms with E-state index in [4.69, 9.17) is 32.1 Å². The molecule has 0 radical (unpaired) electrons. The number of guanidine groups is 2. The first-order valence-electron chi connectivity index (χ1n) is 14.3. The van der Waals surface area contributed by atoms with E-state index < -0.39 is 35.6 Å². The third kappa shape index (κ3) is 12.4. The van der Waals surface area contributed by atoms with Crippen LogP contribution in [0.15, 0.2) is 73.8 Å². The Bertz CT molecular complexity index is 1590. The molecule has 248 valence electrons. The van der Waals surface area contributed by atoms with E-state index >= 15 is 0 Å². The number of fused-ring (bicyclic) bond motifs is 1. The van der Waals surface area contributed by atoms with Crippen LogP contribution < -0.4 is 44.5 Å². The second-order valence-electron chi connectivity index (χ2n) is 10.2. The van der Waals surface area contributed by atoms with Crippen LogP contribution in [0, 0.1) is 6.92 Å². The van der Waals surface area contributed by atoms with Gasteiger partial charge in [0.2, 0.25) is 11.8 Å². The number of anilines is 1. The molecule has 3 amide bonds. The average molecular weight is 658 g/mol. The Morgan fingerprint density at radius 3 is 2.07 bits per heavy atom. The molecular weight excluding hydrogens is 618 g/mol. The second kappa shape index (κ2) is 18.5. The van der Waals surface area contributed by atoms with Crippen LogP contribution in [0.1, 0.15) is 36.8 Å². The molecule has 16 heteroatoms. The van der Waals surface area contributed by atoms with E-state index in [0.717, 1.165) is 11.1 Å². The summed E-state index contributed by atoms with van der Waals surface area (Å²) in [5, 5.41) is 8.75. The van der Waals surface area contributed by atoms with E-state index in [0.29, 0.717) is 29.5 Å². The van der Waals surface area contributed by atoms with Crippen molar-refractivity contribution < 1.29 is 23.5 Å². The summed E-state index contributed by atoms with van der Waals surface area (Å²) in [7, 11) is 0. The molecule has 0 bridgehead atoms. The smallest absolute Gasteiger partial charge is 0.408 e. The zero-order valence-electron chi connectivity index (χ0n) is 25.4. The number of nitrogens with zero attached hydrogens (tertiary/aromatic N) is 2. The summed E-state index contributed by atoms with van der Waals surface area (Å²) < 4.78 is 10.6. The minimum atomic E-state index is -1.08. The van der Waals surface area contributed by atoms with E-state index in [1.807, 2.05) is 18.2 Å². The van der Waals surface area contributed by atoms with Crippen molar-refractivity contribution in [2.24, 2.45) is 32.9 Å². The van der Waals surface area contributed by atoms with Crippen molar-refractivity contribution in [1.82, 2.24) is 10.6 Å². The molecule has 2 aromatic carbocycles. The Hall–Kier alpha value is -5.31. The molecule has 0 spiro atoms. The highest BCUT2D eigenvalue weighted by atomic mass is 35.5. The summed E-state index contributed by atoms with van der Waals surface area (Å²) in [4.78, 5) is 59.2. The van der Waals surface area contributed by atoms with Crippen molar-refractivity contribution in [2.45, 2.75) is 51.3 Å². The van der Waals surface area contributed by atoms with Crippen molar-refractivity contribution in [3.63, 3.8) is 0 Å². The Balaban J connectivity index is 0.00000736. The number of carbonyl (C=O) groups is 3. The first-order valence-corrected chi connectivity index (χ1v) is 14.3. The number of rotatable bonds is 15. The van der Waals surface area contributed by atoms with Crippen molar-refractivity contribution in [3.05, 3.63) is 76.1 Å². The maximum absolute atomic E-state index is 13.5. The summed E-state index contributed by atoms with van der Waals surface area (Å²) in [6, 6.07) is 13.2. The number of aliphatic imine (C=N–C) groups is 2. The molecule has 2 atom stereocenters. The van der Waals surface area contributed by atoms with E-state index in [9.17, 15) is 19.2 Å². The van der Waals surface area contributed by atoms with E-state index in [1.165, 1.54) is 12.1 Å². The number of aryl methyl sites for hydroxylation is 1. The summed E-state index contributed by atoms with van der Waals surface area (Å²) >= 11 is 0. The van der Waals surface area contributed by atoms with Gasteiger partial charge in [-0.3, -0.25) is 19.6 Å². The minimum absolute atomic E-state index is 0. The molecule has 1 aromatic heterocycles. The number of carbonyl (C=O) groups excluding carboxylic acids is 3. The lowest BCUT2D eigenvalue weighted by molar-refractivity contribution is -0.128. The first kappa shape index (κ1) is 36.9. The molecule has 3 aromatic rings. The molecule has 1 heterocycles. The number of ether oxygens (including phenoxy) is 1. The van der Waals surface area contributed by atoms with Crippen LogP contribution in [0.5, 0.6) is 0 Å². The maximum Gasteiger partial charge on any atom is 0.408 e. The number of amides is 3. The Morgan fingerprint density at radius 1 is 0.848 bits per heavy atom. The summed E-state index contributed by atoms with van der Waals surface area (Å²) in [5.74, 6) is -1.38. The molecule has 0 saturated carbocycles. The first-order chi connectivity index (χ1) is 21.5. The lowest BCUT2D eigenvalue weighted by Gasteiger charge is -2.23. The van der Waals surface area contributed by atoms with Gasteiger partial charge in [0.25, 0.3) is 0 Å².